The number of fused-ring (bicyclic) bond motifs is 1. The molecule has 1 N–H and O–H groups in total. The summed E-state index contributed by atoms with van der Waals surface area (Å²) in [5.41, 5.74) is -1.35. The van der Waals surface area contributed by atoms with Crippen LogP contribution in [0.4, 0.5) is 28.9 Å². The van der Waals surface area contributed by atoms with Crippen LogP contribution < -0.4 is 10.9 Å². The van der Waals surface area contributed by atoms with E-state index < -0.39 is 67.4 Å². The van der Waals surface area contributed by atoms with Crippen LogP contribution in [0.25, 0.3) is 10.9 Å². The van der Waals surface area contributed by atoms with E-state index in [2.05, 4.69) is 5.43 Å². The Labute approximate surface area is 164 Å². The molecule has 0 bridgehead atoms. The zero-order chi connectivity index (χ0) is 22.2. The van der Waals surface area contributed by atoms with Gasteiger partial charge in [-0.15, -0.1) is 0 Å². The second kappa shape index (κ2) is 7.81. The first-order chi connectivity index (χ1) is 14.1. The molecule has 0 amide bonds. The molecule has 2 aromatic carbocycles. The van der Waals surface area contributed by atoms with Gasteiger partial charge >= 0.3 is 5.97 Å². The van der Waals surface area contributed by atoms with Crippen molar-refractivity contribution in [3.05, 3.63) is 79.6 Å². The number of anilines is 1. The topological polar surface area (TPSA) is 103 Å². The number of hydrogen-bond acceptors (Lipinski definition) is 6. The molecule has 156 valence electrons. The van der Waals surface area contributed by atoms with Crippen LogP contribution >= 0.6 is 0 Å². The molecule has 1 heterocycles. The second-order valence-corrected chi connectivity index (χ2v) is 5.88. The van der Waals surface area contributed by atoms with E-state index in [-0.39, 0.29) is 6.61 Å². The summed E-state index contributed by atoms with van der Waals surface area (Å²) in [6.45, 7) is 1.34. The van der Waals surface area contributed by atoms with Crippen molar-refractivity contribution in [2.75, 3.05) is 12.0 Å². The minimum absolute atomic E-state index is 0.118. The van der Waals surface area contributed by atoms with Gasteiger partial charge in [-0.1, -0.05) is 0 Å². The van der Waals surface area contributed by atoms with Gasteiger partial charge < -0.3 is 4.74 Å². The molecule has 3 aromatic rings. The van der Waals surface area contributed by atoms with Gasteiger partial charge in [-0.3, -0.25) is 25.0 Å². The van der Waals surface area contributed by atoms with E-state index >= 15 is 0 Å². The summed E-state index contributed by atoms with van der Waals surface area (Å²) in [5.74, 6) is -7.62. The quantitative estimate of drug-likeness (QED) is 0.221. The SMILES string of the molecule is CCOC(=O)c1cn(Nc2ccc([N+](=O)[O-])cc2F)c2c(F)c(F)c(F)cc2c1=O. The number of nitro groups is 1. The molecule has 0 radical (unpaired) electrons. The lowest BCUT2D eigenvalue weighted by atomic mass is 10.1. The van der Waals surface area contributed by atoms with Crippen molar-refractivity contribution in [1.82, 2.24) is 4.68 Å². The van der Waals surface area contributed by atoms with Crippen LogP contribution in [0.2, 0.25) is 0 Å². The third-order valence-electron chi connectivity index (χ3n) is 4.02. The maximum Gasteiger partial charge on any atom is 0.343 e. The number of aromatic nitrogens is 1. The van der Waals surface area contributed by atoms with Crippen LogP contribution in [0.3, 0.4) is 0 Å². The van der Waals surface area contributed by atoms with Gasteiger partial charge in [0.25, 0.3) is 5.69 Å². The fraction of sp³-hybridized carbons (Fsp3) is 0.111. The fourth-order valence-electron chi connectivity index (χ4n) is 2.67. The van der Waals surface area contributed by atoms with Crippen molar-refractivity contribution >= 4 is 28.2 Å². The number of nitro benzene ring substituents is 1. The molecule has 0 aliphatic carbocycles. The fourth-order valence-corrected chi connectivity index (χ4v) is 2.67. The van der Waals surface area contributed by atoms with Crippen LogP contribution in [0, 0.1) is 33.4 Å². The molecule has 1 aromatic heterocycles. The number of pyridine rings is 1. The summed E-state index contributed by atoms with van der Waals surface area (Å²) in [6, 6.07) is 2.82. The Morgan fingerprint density at radius 3 is 2.47 bits per heavy atom. The van der Waals surface area contributed by atoms with Gasteiger partial charge in [0, 0.05) is 12.3 Å². The zero-order valence-electron chi connectivity index (χ0n) is 15.0. The monoisotopic (exact) mass is 425 g/mol. The number of carbonyl (C=O) groups is 1. The standard InChI is InChI=1S/C18H11F4N3O5/c1-2-30-18(27)10-7-24(23-13-4-3-8(25(28)29)5-11(13)19)16-9(17(10)26)6-12(20)14(21)15(16)22/h3-7,23H,2H2,1H3. The van der Waals surface area contributed by atoms with Crippen LogP contribution in [0.15, 0.2) is 35.3 Å². The average molecular weight is 425 g/mol. The van der Waals surface area contributed by atoms with Gasteiger partial charge in [-0.25, -0.2) is 22.4 Å². The van der Waals surface area contributed by atoms with Crippen molar-refractivity contribution in [2.45, 2.75) is 6.92 Å². The minimum atomic E-state index is -1.90. The molecule has 0 saturated heterocycles. The van der Waals surface area contributed by atoms with E-state index in [0.717, 1.165) is 18.3 Å². The number of carbonyl (C=O) groups excluding carboxylic acids is 1. The average Bonchev–Trinajstić information content (AvgIpc) is 2.69. The zero-order valence-corrected chi connectivity index (χ0v) is 15.0. The number of nitrogens with zero attached hydrogens (tertiary/aromatic N) is 2. The summed E-state index contributed by atoms with van der Waals surface area (Å²) >= 11 is 0. The lowest BCUT2D eigenvalue weighted by molar-refractivity contribution is -0.385. The molecule has 0 saturated carbocycles. The molecule has 30 heavy (non-hydrogen) atoms. The largest absolute Gasteiger partial charge is 0.462 e. The Hall–Kier alpha value is -3.96. The second-order valence-electron chi connectivity index (χ2n) is 5.88. The van der Waals surface area contributed by atoms with Crippen molar-refractivity contribution in [2.24, 2.45) is 0 Å². The first-order valence-corrected chi connectivity index (χ1v) is 8.26. The molecule has 8 nitrogen and oxygen atoms in total. The predicted octanol–water partition coefficient (Wildman–Crippen LogP) is 3.52. The molecule has 3 rings (SSSR count). The minimum Gasteiger partial charge on any atom is -0.462 e. The molecule has 12 heteroatoms. The highest BCUT2D eigenvalue weighted by Gasteiger charge is 2.23. The maximum atomic E-state index is 14.4. The van der Waals surface area contributed by atoms with Crippen molar-refractivity contribution in [3.8, 4) is 0 Å². The Balaban J connectivity index is 2.28. The van der Waals surface area contributed by atoms with Crippen LogP contribution in [0.1, 0.15) is 17.3 Å². The van der Waals surface area contributed by atoms with E-state index in [9.17, 15) is 37.3 Å². The molecule has 0 aliphatic rings. The number of non-ortho nitro benzene ring substituents is 1. The van der Waals surface area contributed by atoms with Crippen molar-refractivity contribution in [1.29, 1.82) is 0 Å². The van der Waals surface area contributed by atoms with Crippen molar-refractivity contribution in [3.63, 3.8) is 0 Å². The van der Waals surface area contributed by atoms with Gasteiger partial charge in [0.05, 0.1) is 28.7 Å². The van der Waals surface area contributed by atoms with E-state index in [0.29, 0.717) is 16.8 Å². The number of benzene rings is 2. The summed E-state index contributed by atoms with van der Waals surface area (Å²) in [6.07, 6.45) is 0.726. The summed E-state index contributed by atoms with van der Waals surface area (Å²) in [4.78, 5) is 34.4. The summed E-state index contributed by atoms with van der Waals surface area (Å²) in [5, 5.41) is 10.0. The number of ether oxygens (including phenoxy) is 1. The first-order valence-electron chi connectivity index (χ1n) is 8.26. The van der Waals surface area contributed by atoms with Gasteiger partial charge in [0.1, 0.15) is 11.1 Å². The summed E-state index contributed by atoms with van der Waals surface area (Å²) in [7, 11) is 0. The van der Waals surface area contributed by atoms with Gasteiger partial charge in [0.15, 0.2) is 23.3 Å². The third-order valence-corrected chi connectivity index (χ3v) is 4.02. The number of halogens is 4. The van der Waals surface area contributed by atoms with Gasteiger partial charge in [-0.05, 0) is 19.1 Å². The Morgan fingerprint density at radius 2 is 1.87 bits per heavy atom. The molecular formula is C18H11F4N3O5. The van der Waals surface area contributed by atoms with Gasteiger partial charge in [-0.2, -0.15) is 0 Å². The molecule has 0 atom stereocenters. The van der Waals surface area contributed by atoms with E-state index in [4.69, 9.17) is 4.74 Å². The smallest absolute Gasteiger partial charge is 0.343 e. The molecule has 0 aliphatic heterocycles. The first kappa shape index (κ1) is 20.8. The highest BCUT2D eigenvalue weighted by Crippen LogP contribution is 2.25. The van der Waals surface area contributed by atoms with Crippen molar-refractivity contribution < 1.29 is 32.0 Å². The van der Waals surface area contributed by atoms with E-state index in [1.165, 1.54) is 6.92 Å². The van der Waals surface area contributed by atoms with Gasteiger partial charge in [0.2, 0.25) is 5.43 Å². The highest BCUT2D eigenvalue weighted by atomic mass is 19.2. The molecule has 0 spiro atoms. The Kier molecular flexibility index (Phi) is 5.41. The number of nitrogens with one attached hydrogen (secondary N) is 1. The Bertz CT molecular complexity index is 1260. The number of hydrogen-bond donors (Lipinski definition) is 1. The predicted molar refractivity (Wildman–Crippen MR) is 96.1 cm³/mol. The third kappa shape index (κ3) is 3.54. The normalized spacial score (nSPS) is 10.8. The van der Waals surface area contributed by atoms with Crippen LogP contribution in [-0.2, 0) is 4.74 Å². The van der Waals surface area contributed by atoms with Crippen LogP contribution in [-0.4, -0.2) is 22.2 Å². The number of esters is 1. The summed E-state index contributed by atoms with van der Waals surface area (Å²) < 4.78 is 61.5. The lowest BCUT2D eigenvalue weighted by Crippen LogP contribution is -2.25. The molecular weight excluding hydrogens is 414 g/mol. The molecule has 0 fully saturated rings. The number of rotatable bonds is 5. The lowest BCUT2D eigenvalue weighted by Gasteiger charge is -2.16. The highest BCUT2D eigenvalue weighted by molar-refractivity contribution is 5.94. The molecule has 0 unspecified atom stereocenters. The maximum absolute atomic E-state index is 14.4. The van der Waals surface area contributed by atoms with Crippen LogP contribution in [0.5, 0.6) is 0 Å². The van der Waals surface area contributed by atoms with E-state index in [1.807, 2.05) is 0 Å². The van der Waals surface area contributed by atoms with E-state index in [1.54, 1.807) is 0 Å². The Morgan fingerprint density at radius 1 is 1.17 bits per heavy atom.